The fraction of sp³-hybridized carbons (Fsp3) is 0.471. The van der Waals surface area contributed by atoms with Crippen LogP contribution in [0.5, 0.6) is 0 Å². The van der Waals surface area contributed by atoms with Crippen LogP contribution in [-0.2, 0) is 20.1 Å². The van der Waals surface area contributed by atoms with E-state index in [1.807, 2.05) is 26.5 Å². The second-order valence-corrected chi connectivity index (χ2v) is 5.83. The van der Waals surface area contributed by atoms with Crippen molar-refractivity contribution >= 4 is 0 Å². The van der Waals surface area contributed by atoms with Crippen molar-refractivity contribution in [2.45, 2.75) is 25.9 Å². The van der Waals surface area contributed by atoms with Crippen LogP contribution in [0, 0.1) is 0 Å². The van der Waals surface area contributed by atoms with Crippen LogP contribution in [0.3, 0.4) is 0 Å². The van der Waals surface area contributed by atoms with Crippen molar-refractivity contribution in [3.63, 3.8) is 0 Å². The van der Waals surface area contributed by atoms with Crippen LogP contribution in [0.25, 0.3) is 0 Å². The lowest BCUT2D eigenvalue weighted by Crippen LogP contribution is -2.19. The number of likely N-dealkylation sites (N-methyl/N-ethyl adjacent to an activating group) is 1. The second kappa shape index (κ2) is 7.38. The second-order valence-electron chi connectivity index (χ2n) is 5.83. The quantitative estimate of drug-likeness (QED) is 0.848. The lowest BCUT2D eigenvalue weighted by molar-refractivity contribution is 0.307. The van der Waals surface area contributed by atoms with Gasteiger partial charge in [0.05, 0.1) is 6.54 Å². The molecule has 21 heavy (non-hydrogen) atoms. The highest BCUT2D eigenvalue weighted by Gasteiger charge is 2.07. The van der Waals surface area contributed by atoms with E-state index in [2.05, 4.69) is 58.0 Å². The fourth-order valence-electron chi connectivity index (χ4n) is 2.53. The molecule has 0 bridgehead atoms. The van der Waals surface area contributed by atoms with Gasteiger partial charge in [-0.3, -0.25) is 4.90 Å². The minimum atomic E-state index is 0.550. The van der Waals surface area contributed by atoms with Gasteiger partial charge in [0.2, 0.25) is 0 Å². The lowest BCUT2D eigenvalue weighted by atomic mass is 10.00. The van der Waals surface area contributed by atoms with E-state index >= 15 is 0 Å². The van der Waals surface area contributed by atoms with Crippen LogP contribution < -0.4 is 5.32 Å². The summed E-state index contributed by atoms with van der Waals surface area (Å²) < 4.78 is 2.07. The Morgan fingerprint density at radius 3 is 2.52 bits per heavy atom. The van der Waals surface area contributed by atoms with Crippen molar-refractivity contribution in [1.82, 2.24) is 19.8 Å². The van der Waals surface area contributed by atoms with E-state index in [9.17, 15) is 0 Å². The number of aryl methyl sites for hydroxylation is 1. The first-order valence-corrected chi connectivity index (χ1v) is 7.48. The molecule has 1 heterocycles. The van der Waals surface area contributed by atoms with Gasteiger partial charge in [0.15, 0.2) is 0 Å². The number of hydrogen-bond acceptors (Lipinski definition) is 3. The number of benzene rings is 1. The third-order valence-electron chi connectivity index (χ3n) is 3.84. The van der Waals surface area contributed by atoms with Crippen LogP contribution in [0.15, 0.2) is 36.7 Å². The van der Waals surface area contributed by atoms with E-state index in [0.717, 1.165) is 25.5 Å². The van der Waals surface area contributed by atoms with Gasteiger partial charge >= 0.3 is 0 Å². The molecule has 1 N–H and O–H groups in total. The number of rotatable bonds is 7. The Morgan fingerprint density at radius 1 is 1.24 bits per heavy atom. The lowest BCUT2D eigenvalue weighted by Gasteiger charge is -2.17. The van der Waals surface area contributed by atoms with E-state index in [0.29, 0.717) is 5.92 Å². The number of aromatic nitrogens is 2. The van der Waals surface area contributed by atoms with Crippen LogP contribution in [0.4, 0.5) is 0 Å². The van der Waals surface area contributed by atoms with Gasteiger partial charge in [-0.1, -0.05) is 31.2 Å². The summed E-state index contributed by atoms with van der Waals surface area (Å²) in [6.45, 7) is 5.06. The highest BCUT2D eigenvalue weighted by atomic mass is 15.1. The molecule has 1 atom stereocenters. The van der Waals surface area contributed by atoms with Crippen LogP contribution >= 0.6 is 0 Å². The molecule has 1 unspecified atom stereocenters. The van der Waals surface area contributed by atoms with Gasteiger partial charge < -0.3 is 9.88 Å². The molecule has 0 radical (unpaired) electrons. The molecule has 0 saturated carbocycles. The van der Waals surface area contributed by atoms with Crippen molar-refractivity contribution < 1.29 is 0 Å². The molecule has 2 aromatic rings. The summed E-state index contributed by atoms with van der Waals surface area (Å²) in [6.07, 6.45) is 3.84. The number of nitrogens with one attached hydrogen (secondary N) is 1. The maximum Gasteiger partial charge on any atom is 0.122 e. The molecule has 1 aromatic carbocycles. The highest BCUT2D eigenvalue weighted by Crippen LogP contribution is 2.16. The van der Waals surface area contributed by atoms with Crippen molar-refractivity contribution in [2.24, 2.45) is 7.05 Å². The Morgan fingerprint density at radius 2 is 1.95 bits per heavy atom. The summed E-state index contributed by atoms with van der Waals surface area (Å²) in [6, 6.07) is 8.95. The van der Waals surface area contributed by atoms with E-state index < -0.39 is 0 Å². The number of imidazole rings is 1. The summed E-state index contributed by atoms with van der Waals surface area (Å²) in [4.78, 5) is 6.66. The van der Waals surface area contributed by atoms with E-state index in [-0.39, 0.29) is 0 Å². The molecule has 0 aliphatic heterocycles. The Bertz CT molecular complexity index is 544. The van der Waals surface area contributed by atoms with Crippen molar-refractivity contribution in [3.8, 4) is 0 Å². The predicted octanol–water partition coefficient (Wildman–Crippen LogP) is 2.38. The molecule has 2 rings (SSSR count). The largest absolute Gasteiger partial charge is 0.337 e. The molecule has 0 amide bonds. The molecular formula is C17H26N4. The van der Waals surface area contributed by atoms with Gasteiger partial charge in [-0.25, -0.2) is 4.98 Å². The minimum Gasteiger partial charge on any atom is -0.337 e. The van der Waals surface area contributed by atoms with Crippen molar-refractivity contribution in [1.29, 1.82) is 0 Å². The highest BCUT2D eigenvalue weighted by molar-refractivity contribution is 5.25. The van der Waals surface area contributed by atoms with Crippen LogP contribution in [-0.4, -0.2) is 35.1 Å². The number of hydrogen-bond donors (Lipinski definition) is 1. The third-order valence-corrected chi connectivity index (χ3v) is 3.84. The summed E-state index contributed by atoms with van der Waals surface area (Å²) in [5.41, 5.74) is 2.73. The Hall–Kier alpha value is -1.65. The molecule has 4 heteroatoms. The van der Waals surface area contributed by atoms with Gasteiger partial charge in [-0.05, 0) is 31.1 Å². The van der Waals surface area contributed by atoms with Crippen LogP contribution in [0.2, 0.25) is 0 Å². The van der Waals surface area contributed by atoms with E-state index in [4.69, 9.17) is 0 Å². The third kappa shape index (κ3) is 4.41. The summed E-state index contributed by atoms with van der Waals surface area (Å²) in [5.74, 6) is 1.64. The predicted molar refractivity (Wildman–Crippen MR) is 87.2 cm³/mol. The monoisotopic (exact) mass is 286 g/mol. The first kappa shape index (κ1) is 15.7. The normalized spacial score (nSPS) is 12.8. The van der Waals surface area contributed by atoms with E-state index in [1.165, 1.54) is 11.1 Å². The Labute approximate surface area is 127 Å². The molecule has 4 nitrogen and oxygen atoms in total. The molecule has 0 spiro atoms. The van der Waals surface area contributed by atoms with Gasteiger partial charge in [0.25, 0.3) is 0 Å². The molecule has 0 aliphatic carbocycles. The van der Waals surface area contributed by atoms with Gasteiger partial charge in [0, 0.05) is 32.5 Å². The first-order valence-electron chi connectivity index (χ1n) is 7.48. The summed E-state index contributed by atoms with van der Waals surface area (Å²) in [7, 11) is 6.16. The molecule has 1 aromatic heterocycles. The summed E-state index contributed by atoms with van der Waals surface area (Å²) in [5, 5.41) is 3.23. The minimum absolute atomic E-state index is 0.550. The Kier molecular flexibility index (Phi) is 5.53. The molecule has 0 saturated heterocycles. The van der Waals surface area contributed by atoms with Gasteiger partial charge in [-0.2, -0.15) is 0 Å². The maximum atomic E-state index is 4.37. The van der Waals surface area contributed by atoms with Crippen molar-refractivity contribution in [2.75, 3.05) is 20.6 Å². The van der Waals surface area contributed by atoms with Gasteiger partial charge in [-0.15, -0.1) is 0 Å². The smallest absolute Gasteiger partial charge is 0.122 e. The molecule has 114 valence electrons. The average Bonchev–Trinajstić information content (AvgIpc) is 2.85. The van der Waals surface area contributed by atoms with E-state index in [1.54, 1.807) is 0 Å². The van der Waals surface area contributed by atoms with Crippen molar-refractivity contribution in [3.05, 3.63) is 53.6 Å². The standard InChI is InChI=1S/C17H26N4/c1-14(11-18-2)16-7-5-15(6-8-16)12-20(3)13-17-19-9-10-21(17)4/h5-10,14,18H,11-13H2,1-4H3. The first-order chi connectivity index (χ1) is 10.1. The summed E-state index contributed by atoms with van der Waals surface area (Å²) >= 11 is 0. The zero-order valence-electron chi connectivity index (χ0n) is 13.5. The number of nitrogens with zero attached hydrogens (tertiary/aromatic N) is 3. The zero-order valence-corrected chi connectivity index (χ0v) is 13.5. The molecule has 0 fully saturated rings. The molecular weight excluding hydrogens is 260 g/mol. The zero-order chi connectivity index (χ0) is 15.2. The topological polar surface area (TPSA) is 33.1 Å². The van der Waals surface area contributed by atoms with Crippen LogP contribution in [0.1, 0.15) is 29.8 Å². The average molecular weight is 286 g/mol. The SMILES string of the molecule is CNCC(C)c1ccc(CN(C)Cc2nccn2C)cc1. The van der Waals surface area contributed by atoms with Gasteiger partial charge in [0.1, 0.15) is 5.82 Å². The fourth-order valence-corrected chi connectivity index (χ4v) is 2.53. The molecule has 0 aliphatic rings. The maximum absolute atomic E-state index is 4.37. The Balaban J connectivity index is 1.92.